The molecular weight excluding hydrogens is 510 g/mol. The summed E-state index contributed by atoms with van der Waals surface area (Å²) in [6, 6.07) is 14.6. The first-order valence-electron chi connectivity index (χ1n) is 12.1. The molecule has 0 atom stereocenters. The van der Waals surface area contributed by atoms with Crippen LogP contribution in [-0.2, 0) is 12.0 Å². The van der Waals surface area contributed by atoms with Crippen molar-refractivity contribution in [2.24, 2.45) is 0 Å². The number of halogens is 3. The monoisotopic (exact) mass is 536 g/mol. The van der Waals surface area contributed by atoms with Gasteiger partial charge in [-0.15, -0.1) is 0 Å². The second-order valence-electron chi connectivity index (χ2n) is 8.61. The number of aromatic nitrogens is 1. The fourth-order valence-corrected chi connectivity index (χ4v) is 4.80. The Labute approximate surface area is 224 Å². The van der Waals surface area contributed by atoms with E-state index < -0.39 is 23.1 Å². The minimum Gasteiger partial charge on any atom is -0.389 e. The number of nitrogens with one attached hydrogen (secondary N) is 3. The molecule has 4 N–H and O–H groups in total. The molecule has 0 aliphatic rings. The predicted molar refractivity (Wildman–Crippen MR) is 145 cm³/mol. The van der Waals surface area contributed by atoms with Crippen LogP contribution in [0.4, 0.5) is 8.78 Å². The molecule has 2 heterocycles. The summed E-state index contributed by atoms with van der Waals surface area (Å²) in [7, 11) is 0. The Hall–Kier alpha value is -4.01. The second kappa shape index (κ2) is 11.2. The van der Waals surface area contributed by atoms with Gasteiger partial charge in [-0.05, 0) is 37.6 Å². The number of benzene rings is 2. The highest BCUT2D eigenvalue weighted by Crippen LogP contribution is 2.42. The van der Waals surface area contributed by atoms with Crippen LogP contribution in [0, 0.1) is 17.0 Å². The number of allylic oxidation sites excluding steroid dienone is 1. The Balaban J connectivity index is 1.95. The largest absolute Gasteiger partial charge is 0.389 e. The standard InChI is InChI=1S/C29H27ClF2N4O2/c1-3-27-23(29(38,21-9-5-7-11-25(21)31)22-10-6-8-12-26(22)32)13-19-14-24(30)20(17-36(19)27)28(37)35-18(15-33)16-34-4-2/h5-17,33-34,38H,3-4H2,1-2H3,(H,35,37)/b18-16+,33-15?. The number of aliphatic hydroxyl groups is 1. The zero-order valence-electron chi connectivity index (χ0n) is 20.9. The number of aryl methyl sites for hydroxylation is 1. The molecule has 0 saturated heterocycles. The third-order valence-corrected chi connectivity index (χ3v) is 6.65. The lowest BCUT2D eigenvalue weighted by atomic mass is 9.79. The molecule has 0 saturated carbocycles. The van der Waals surface area contributed by atoms with Crippen LogP contribution in [0.5, 0.6) is 0 Å². The minimum atomic E-state index is -2.18. The molecule has 0 spiro atoms. The first-order chi connectivity index (χ1) is 18.3. The zero-order chi connectivity index (χ0) is 27.4. The minimum absolute atomic E-state index is 0.107. The van der Waals surface area contributed by atoms with Gasteiger partial charge in [-0.1, -0.05) is 54.9 Å². The summed E-state index contributed by atoms with van der Waals surface area (Å²) in [5, 5.41) is 25.5. The zero-order valence-corrected chi connectivity index (χ0v) is 21.6. The van der Waals surface area contributed by atoms with E-state index in [1.54, 1.807) is 28.7 Å². The fraction of sp³-hybridized carbons (Fsp3) is 0.172. The van der Waals surface area contributed by atoms with Crippen molar-refractivity contribution in [3.63, 3.8) is 0 Å². The van der Waals surface area contributed by atoms with Crippen LogP contribution in [0.1, 0.15) is 46.6 Å². The maximum Gasteiger partial charge on any atom is 0.258 e. The van der Waals surface area contributed by atoms with Gasteiger partial charge in [0.2, 0.25) is 0 Å². The van der Waals surface area contributed by atoms with Crippen molar-refractivity contribution in [1.82, 2.24) is 15.0 Å². The topological polar surface area (TPSA) is 89.6 Å². The molecule has 0 aliphatic carbocycles. The van der Waals surface area contributed by atoms with E-state index >= 15 is 8.78 Å². The predicted octanol–water partition coefficient (Wildman–Crippen LogP) is 5.55. The summed E-state index contributed by atoms with van der Waals surface area (Å²) in [6.45, 7) is 4.33. The van der Waals surface area contributed by atoms with Crippen molar-refractivity contribution in [3.05, 3.63) is 123 Å². The maximum atomic E-state index is 15.2. The smallest absolute Gasteiger partial charge is 0.258 e. The van der Waals surface area contributed by atoms with Gasteiger partial charge in [0.05, 0.1) is 16.3 Å². The van der Waals surface area contributed by atoms with E-state index in [2.05, 4.69) is 10.6 Å². The molecule has 2 aromatic heterocycles. The highest BCUT2D eigenvalue weighted by molar-refractivity contribution is 6.34. The second-order valence-corrected chi connectivity index (χ2v) is 9.02. The van der Waals surface area contributed by atoms with Gasteiger partial charge in [0.25, 0.3) is 5.91 Å². The van der Waals surface area contributed by atoms with E-state index in [0.29, 0.717) is 24.2 Å². The van der Waals surface area contributed by atoms with E-state index in [9.17, 15) is 9.90 Å². The van der Waals surface area contributed by atoms with Crippen molar-refractivity contribution >= 4 is 29.2 Å². The van der Waals surface area contributed by atoms with Gasteiger partial charge in [0, 0.05) is 53.1 Å². The Bertz CT molecular complexity index is 1500. The summed E-state index contributed by atoms with van der Waals surface area (Å²) in [4.78, 5) is 13.0. The fourth-order valence-electron chi connectivity index (χ4n) is 4.56. The van der Waals surface area contributed by atoms with Crippen LogP contribution >= 0.6 is 11.6 Å². The summed E-state index contributed by atoms with van der Waals surface area (Å²) in [6.07, 6.45) is 4.39. The highest BCUT2D eigenvalue weighted by Gasteiger charge is 2.41. The van der Waals surface area contributed by atoms with E-state index in [4.69, 9.17) is 17.0 Å². The molecular formula is C29H27ClF2N4O2. The third-order valence-electron chi connectivity index (χ3n) is 6.33. The Morgan fingerprint density at radius 2 is 1.66 bits per heavy atom. The molecule has 6 nitrogen and oxygen atoms in total. The molecule has 0 unspecified atom stereocenters. The molecule has 0 aliphatic heterocycles. The van der Waals surface area contributed by atoms with E-state index in [0.717, 1.165) is 6.21 Å². The van der Waals surface area contributed by atoms with Crippen molar-refractivity contribution in [1.29, 1.82) is 5.41 Å². The number of rotatable bonds is 9. The Kier molecular flexibility index (Phi) is 7.94. The van der Waals surface area contributed by atoms with E-state index in [1.807, 2.05) is 13.8 Å². The lowest BCUT2D eigenvalue weighted by molar-refractivity contribution is 0.0967. The van der Waals surface area contributed by atoms with Gasteiger partial charge >= 0.3 is 0 Å². The highest BCUT2D eigenvalue weighted by atomic mass is 35.5. The average molecular weight is 537 g/mol. The number of carbonyl (C=O) groups is 1. The molecule has 2 aromatic carbocycles. The first-order valence-corrected chi connectivity index (χ1v) is 12.5. The normalized spacial score (nSPS) is 12.0. The van der Waals surface area contributed by atoms with Crippen LogP contribution < -0.4 is 10.6 Å². The van der Waals surface area contributed by atoms with Gasteiger partial charge in [-0.2, -0.15) is 0 Å². The Morgan fingerprint density at radius 3 is 2.18 bits per heavy atom. The Morgan fingerprint density at radius 1 is 1.05 bits per heavy atom. The van der Waals surface area contributed by atoms with Gasteiger partial charge in [0.15, 0.2) is 0 Å². The first kappa shape index (κ1) is 27.0. The van der Waals surface area contributed by atoms with E-state index in [1.165, 1.54) is 48.8 Å². The van der Waals surface area contributed by atoms with Gasteiger partial charge in [0.1, 0.15) is 17.2 Å². The van der Waals surface area contributed by atoms with Gasteiger partial charge < -0.3 is 25.6 Å². The molecule has 4 aromatic rings. The summed E-state index contributed by atoms with van der Waals surface area (Å²) in [5.41, 5.74) is -0.699. The lowest BCUT2D eigenvalue weighted by Gasteiger charge is -2.31. The molecule has 4 rings (SSSR count). The molecule has 196 valence electrons. The van der Waals surface area contributed by atoms with Gasteiger partial charge in [-0.3, -0.25) is 4.79 Å². The maximum absolute atomic E-state index is 15.2. The summed E-state index contributed by atoms with van der Waals surface area (Å²) >= 11 is 6.48. The van der Waals surface area contributed by atoms with Crippen LogP contribution in [-0.4, -0.2) is 28.2 Å². The number of carbonyl (C=O) groups excluding carboxylic acids is 1. The number of amides is 1. The summed E-state index contributed by atoms with van der Waals surface area (Å²) < 4.78 is 32.0. The van der Waals surface area contributed by atoms with Crippen molar-refractivity contribution in [2.45, 2.75) is 25.9 Å². The van der Waals surface area contributed by atoms with E-state index in [-0.39, 0.29) is 33.0 Å². The average Bonchev–Trinajstić information content (AvgIpc) is 3.28. The molecule has 1 amide bonds. The number of pyridine rings is 1. The van der Waals surface area contributed by atoms with Crippen LogP contribution in [0.3, 0.4) is 0 Å². The SMILES string of the molecule is CCN/C=C(\C=N)NC(=O)c1cn2c(CC)c(C(O)(c3ccccc3F)c3ccccc3F)cc2cc1Cl. The van der Waals surface area contributed by atoms with Crippen LogP contribution in [0.15, 0.2) is 78.8 Å². The molecule has 38 heavy (non-hydrogen) atoms. The molecule has 9 heteroatoms. The van der Waals surface area contributed by atoms with Crippen molar-refractivity contribution in [2.75, 3.05) is 6.54 Å². The van der Waals surface area contributed by atoms with Crippen molar-refractivity contribution in [3.8, 4) is 0 Å². The van der Waals surface area contributed by atoms with Gasteiger partial charge in [-0.25, -0.2) is 8.78 Å². The lowest BCUT2D eigenvalue weighted by Crippen LogP contribution is -2.32. The number of hydrogen-bond donors (Lipinski definition) is 4. The molecule has 0 fully saturated rings. The number of nitrogens with zero attached hydrogens (tertiary/aromatic N) is 1. The third kappa shape index (κ3) is 4.80. The van der Waals surface area contributed by atoms with Crippen LogP contribution in [0.2, 0.25) is 5.02 Å². The summed E-state index contributed by atoms with van der Waals surface area (Å²) in [5.74, 6) is -1.93. The van der Waals surface area contributed by atoms with Crippen molar-refractivity contribution < 1.29 is 18.7 Å². The number of fused-ring (bicyclic) bond motifs is 1. The quantitative estimate of drug-likeness (QED) is 0.211. The molecule has 0 radical (unpaired) electrons. The molecule has 0 bridgehead atoms. The number of hydrogen-bond acceptors (Lipinski definition) is 4. The van der Waals surface area contributed by atoms with Crippen LogP contribution in [0.25, 0.3) is 5.52 Å².